The zero-order valence-electron chi connectivity index (χ0n) is 8.68. The molecule has 4 heteroatoms. The lowest BCUT2D eigenvalue weighted by Gasteiger charge is -2.13. The Morgan fingerprint density at radius 3 is 2.80 bits per heavy atom. The molecule has 0 aromatic heterocycles. The molecule has 1 N–H and O–H groups in total. The highest BCUT2D eigenvalue weighted by atomic mass is 79.9. The second-order valence-corrected chi connectivity index (χ2v) is 3.99. The fourth-order valence-electron chi connectivity index (χ4n) is 1.24. The number of alkyl halides is 1. The van der Waals surface area contributed by atoms with Gasteiger partial charge >= 0.3 is 0 Å². The standard InChI is InChI=1S/C11H13BrFNO/c1-7-3-4-9(5-10(7)13)8(2)14-11(15)6-12/h3-5,8H,6H2,1-2H3,(H,14,15). The third kappa shape index (κ3) is 3.30. The Bertz CT molecular complexity index is 368. The van der Waals surface area contributed by atoms with E-state index in [4.69, 9.17) is 0 Å². The summed E-state index contributed by atoms with van der Waals surface area (Å²) in [5.41, 5.74) is 1.38. The fraction of sp³-hybridized carbons (Fsp3) is 0.364. The van der Waals surface area contributed by atoms with Crippen LogP contribution in [0.5, 0.6) is 0 Å². The molecule has 0 fully saturated rings. The van der Waals surface area contributed by atoms with Crippen molar-refractivity contribution in [3.05, 3.63) is 35.1 Å². The van der Waals surface area contributed by atoms with Gasteiger partial charge in [0.2, 0.25) is 5.91 Å². The second kappa shape index (κ2) is 5.26. The molecule has 0 aliphatic heterocycles. The minimum absolute atomic E-state index is 0.108. The molecule has 0 heterocycles. The number of aryl methyl sites for hydroxylation is 1. The predicted molar refractivity (Wildman–Crippen MR) is 61.5 cm³/mol. The van der Waals surface area contributed by atoms with Gasteiger partial charge in [0.15, 0.2) is 0 Å². The third-order valence-electron chi connectivity index (χ3n) is 2.19. The van der Waals surface area contributed by atoms with Crippen LogP contribution in [0.2, 0.25) is 0 Å². The molecular formula is C11H13BrFNO. The van der Waals surface area contributed by atoms with E-state index in [-0.39, 0.29) is 23.1 Å². The number of rotatable bonds is 3. The molecule has 0 saturated heterocycles. The van der Waals surface area contributed by atoms with Crippen molar-refractivity contribution >= 4 is 21.8 Å². The van der Waals surface area contributed by atoms with E-state index in [2.05, 4.69) is 21.2 Å². The van der Waals surface area contributed by atoms with Gasteiger partial charge in [0.1, 0.15) is 5.82 Å². The highest BCUT2D eigenvalue weighted by Crippen LogP contribution is 2.16. The molecule has 1 unspecified atom stereocenters. The maximum atomic E-state index is 13.2. The van der Waals surface area contributed by atoms with E-state index >= 15 is 0 Å². The van der Waals surface area contributed by atoms with Crippen LogP contribution in [0.15, 0.2) is 18.2 Å². The number of benzene rings is 1. The van der Waals surface area contributed by atoms with Crippen LogP contribution in [-0.4, -0.2) is 11.2 Å². The Kier molecular flexibility index (Phi) is 4.27. The summed E-state index contributed by atoms with van der Waals surface area (Å²) in [4.78, 5) is 11.1. The highest BCUT2D eigenvalue weighted by Gasteiger charge is 2.09. The van der Waals surface area contributed by atoms with Crippen LogP contribution >= 0.6 is 15.9 Å². The molecule has 2 nitrogen and oxygen atoms in total. The van der Waals surface area contributed by atoms with Crippen LogP contribution in [0.3, 0.4) is 0 Å². The Hall–Kier alpha value is -0.900. The summed E-state index contributed by atoms with van der Waals surface area (Å²) < 4.78 is 13.2. The molecule has 0 spiro atoms. The molecule has 0 saturated carbocycles. The van der Waals surface area contributed by atoms with E-state index < -0.39 is 0 Å². The summed E-state index contributed by atoms with van der Waals surface area (Å²) in [6, 6.07) is 4.80. The van der Waals surface area contributed by atoms with Crippen LogP contribution in [0.1, 0.15) is 24.1 Å². The van der Waals surface area contributed by atoms with Crippen LogP contribution in [0.4, 0.5) is 4.39 Å². The molecule has 0 aliphatic carbocycles. The molecule has 0 aliphatic rings. The van der Waals surface area contributed by atoms with E-state index in [1.807, 2.05) is 13.0 Å². The largest absolute Gasteiger partial charge is 0.349 e. The van der Waals surface area contributed by atoms with Gasteiger partial charge in [0.25, 0.3) is 0 Å². The molecule has 1 atom stereocenters. The van der Waals surface area contributed by atoms with Gasteiger partial charge in [-0.3, -0.25) is 4.79 Å². The minimum Gasteiger partial charge on any atom is -0.349 e. The normalized spacial score (nSPS) is 12.3. The SMILES string of the molecule is Cc1ccc(C(C)NC(=O)CBr)cc1F. The molecule has 1 rings (SSSR count). The summed E-state index contributed by atoms with van der Waals surface area (Å²) in [6.07, 6.45) is 0. The zero-order valence-corrected chi connectivity index (χ0v) is 10.3. The van der Waals surface area contributed by atoms with Gasteiger partial charge in [-0.05, 0) is 31.0 Å². The molecule has 1 aromatic carbocycles. The van der Waals surface area contributed by atoms with E-state index in [9.17, 15) is 9.18 Å². The van der Waals surface area contributed by atoms with Crippen LogP contribution in [-0.2, 0) is 4.79 Å². The minimum atomic E-state index is -0.243. The number of hydrogen-bond acceptors (Lipinski definition) is 1. The number of hydrogen-bond donors (Lipinski definition) is 1. The van der Waals surface area contributed by atoms with E-state index in [1.54, 1.807) is 13.0 Å². The molecule has 0 bridgehead atoms. The zero-order chi connectivity index (χ0) is 11.4. The van der Waals surface area contributed by atoms with Gasteiger partial charge in [0, 0.05) is 0 Å². The first-order valence-corrected chi connectivity index (χ1v) is 5.78. The Morgan fingerprint density at radius 1 is 1.60 bits per heavy atom. The van der Waals surface area contributed by atoms with E-state index in [0.717, 1.165) is 5.56 Å². The summed E-state index contributed by atoms with van der Waals surface area (Å²) >= 11 is 3.06. The number of nitrogens with one attached hydrogen (secondary N) is 1. The molecule has 1 amide bonds. The summed E-state index contributed by atoms with van der Waals surface area (Å²) in [5, 5.41) is 3.00. The topological polar surface area (TPSA) is 29.1 Å². The van der Waals surface area contributed by atoms with Crippen LogP contribution < -0.4 is 5.32 Å². The molecular weight excluding hydrogens is 261 g/mol. The predicted octanol–water partition coefficient (Wildman–Crippen LogP) is 2.71. The lowest BCUT2D eigenvalue weighted by Crippen LogP contribution is -2.27. The Labute approximate surface area is 97.0 Å². The lowest BCUT2D eigenvalue weighted by molar-refractivity contribution is -0.119. The van der Waals surface area contributed by atoms with E-state index in [1.165, 1.54) is 6.07 Å². The number of carbonyl (C=O) groups is 1. The third-order valence-corrected chi connectivity index (χ3v) is 2.70. The second-order valence-electron chi connectivity index (χ2n) is 3.43. The number of halogens is 2. The smallest absolute Gasteiger partial charge is 0.231 e. The van der Waals surface area contributed by atoms with Crippen LogP contribution in [0, 0.1) is 12.7 Å². The fourth-order valence-corrected chi connectivity index (χ4v) is 1.40. The number of carbonyl (C=O) groups excluding carboxylic acids is 1. The average molecular weight is 274 g/mol. The van der Waals surface area contributed by atoms with Crippen molar-refractivity contribution < 1.29 is 9.18 Å². The summed E-state index contributed by atoms with van der Waals surface area (Å²) in [5.74, 6) is -0.351. The van der Waals surface area contributed by atoms with Crippen molar-refractivity contribution in [2.24, 2.45) is 0 Å². The molecule has 1 aromatic rings. The van der Waals surface area contributed by atoms with Gasteiger partial charge < -0.3 is 5.32 Å². The lowest BCUT2D eigenvalue weighted by atomic mass is 10.1. The molecule has 0 radical (unpaired) electrons. The van der Waals surface area contributed by atoms with Crippen LogP contribution in [0.25, 0.3) is 0 Å². The number of amides is 1. The van der Waals surface area contributed by atoms with Gasteiger partial charge in [-0.1, -0.05) is 28.1 Å². The van der Waals surface area contributed by atoms with Gasteiger partial charge in [-0.15, -0.1) is 0 Å². The summed E-state index contributed by atoms with van der Waals surface area (Å²) in [7, 11) is 0. The van der Waals surface area contributed by atoms with Gasteiger partial charge in [0.05, 0.1) is 11.4 Å². The maximum Gasteiger partial charge on any atom is 0.231 e. The first kappa shape index (κ1) is 12.2. The van der Waals surface area contributed by atoms with Crippen molar-refractivity contribution in [2.45, 2.75) is 19.9 Å². The van der Waals surface area contributed by atoms with Crippen molar-refractivity contribution in [1.82, 2.24) is 5.32 Å². The summed E-state index contributed by atoms with van der Waals surface area (Å²) in [6.45, 7) is 3.53. The molecule has 15 heavy (non-hydrogen) atoms. The van der Waals surface area contributed by atoms with Crippen molar-refractivity contribution in [3.63, 3.8) is 0 Å². The van der Waals surface area contributed by atoms with Gasteiger partial charge in [-0.25, -0.2) is 4.39 Å². The Morgan fingerprint density at radius 2 is 2.27 bits per heavy atom. The first-order valence-electron chi connectivity index (χ1n) is 4.66. The highest BCUT2D eigenvalue weighted by molar-refractivity contribution is 9.09. The first-order chi connectivity index (χ1) is 7.04. The quantitative estimate of drug-likeness (QED) is 0.844. The van der Waals surface area contributed by atoms with Crippen molar-refractivity contribution in [1.29, 1.82) is 0 Å². The Balaban J connectivity index is 2.78. The maximum absolute atomic E-state index is 13.2. The van der Waals surface area contributed by atoms with Crippen molar-refractivity contribution in [2.75, 3.05) is 5.33 Å². The van der Waals surface area contributed by atoms with E-state index in [0.29, 0.717) is 5.56 Å². The van der Waals surface area contributed by atoms with Gasteiger partial charge in [-0.2, -0.15) is 0 Å². The molecule has 82 valence electrons. The monoisotopic (exact) mass is 273 g/mol. The average Bonchev–Trinajstić information content (AvgIpc) is 2.21. The van der Waals surface area contributed by atoms with Crippen molar-refractivity contribution in [3.8, 4) is 0 Å².